The van der Waals surface area contributed by atoms with Crippen LogP contribution < -0.4 is 5.32 Å². The molecule has 0 radical (unpaired) electrons. The lowest BCUT2D eigenvalue weighted by Gasteiger charge is -2.11. The molecule has 23 heavy (non-hydrogen) atoms. The van der Waals surface area contributed by atoms with E-state index in [-0.39, 0.29) is 18.5 Å². The zero-order valence-corrected chi connectivity index (χ0v) is 14.1. The molecule has 2 aromatic rings. The number of fused-ring (bicyclic) bond motifs is 3. The van der Waals surface area contributed by atoms with Crippen molar-refractivity contribution in [3.05, 3.63) is 16.8 Å². The van der Waals surface area contributed by atoms with Crippen molar-refractivity contribution in [1.82, 2.24) is 20.2 Å². The SMILES string of the molecule is O=C1CNC(=O)N1CCCSc1ncnc2sc3c(c12)CCC3. The number of aromatic nitrogens is 2. The van der Waals surface area contributed by atoms with Gasteiger partial charge in [-0.1, -0.05) is 0 Å². The molecular formula is C15H16N4O2S2. The van der Waals surface area contributed by atoms with Crippen LogP contribution in [0, 0.1) is 0 Å². The van der Waals surface area contributed by atoms with Crippen LogP contribution in [-0.2, 0) is 17.6 Å². The van der Waals surface area contributed by atoms with E-state index in [9.17, 15) is 9.59 Å². The molecule has 1 saturated heterocycles. The van der Waals surface area contributed by atoms with Crippen LogP contribution in [0.25, 0.3) is 10.2 Å². The fourth-order valence-electron chi connectivity index (χ4n) is 3.08. The second kappa shape index (κ2) is 6.09. The standard InChI is InChI=1S/C15H16N4O2S2/c20-11-7-16-15(21)19(11)5-2-6-22-13-12-9-3-1-4-10(9)23-14(12)18-8-17-13/h8H,1-7H2,(H,16,21). The second-order valence-electron chi connectivity index (χ2n) is 5.62. The van der Waals surface area contributed by atoms with Gasteiger partial charge in [-0.05, 0) is 31.2 Å². The first-order valence-corrected chi connectivity index (χ1v) is 9.50. The normalized spacial score (nSPS) is 17.1. The third kappa shape index (κ3) is 2.70. The van der Waals surface area contributed by atoms with Crippen LogP contribution in [0.1, 0.15) is 23.3 Å². The minimum atomic E-state index is -0.278. The number of hydrogen-bond donors (Lipinski definition) is 1. The van der Waals surface area contributed by atoms with Crippen LogP contribution in [0.2, 0.25) is 0 Å². The first-order chi connectivity index (χ1) is 11.2. The third-order valence-electron chi connectivity index (χ3n) is 4.17. The van der Waals surface area contributed by atoms with Crippen molar-refractivity contribution in [2.75, 3.05) is 18.8 Å². The molecular weight excluding hydrogens is 332 g/mol. The first-order valence-electron chi connectivity index (χ1n) is 7.70. The van der Waals surface area contributed by atoms with Crippen LogP contribution in [-0.4, -0.2) is 45.6 Å². The van der Waals surface area contributed by atoms with E-state index in [1.54, 1.807) is 29.4 Å². The summed E-state index contributed by atoms with van der Waals surface area (Å²) >= 11 is 3.48. The average Bonchev–Trinajstić information content (AvgIpc) is 3.20. The Morgan fingerprint density at radius 3 is 3.04 bits per heavy atom. The fraction of sp³-hybridized carbons (Fsp3) is 0.467. The lowest BCUT2D eigenvalue weighted by molar-refractivity contribution is -0.124. The number of nitrogens with zero attached hydrogens (tertiary/aromatic N) is 3. The number of aryl methyl sites for hydroxylation is 2. The second-order valence-corrected chi connectivity index (χ2v) is 7.79. The van der Waals surface area contributed by atoms with Gasteiger partial charge in [0.15, 0.2) is 0 Å². The molecule has 3 amide bonds. The van der Waals surface area contributed by atoms with Gasteiger partial charge in [0.1, 0.15) is 16.2 Å². The number of urea groups is 1. The molecule has 2 aliphatic rings. The van der Waals surface area contributed by atoms with Gasteiger partial charge >= 0.3 is 6.03 Å². The largest absolute Gasteiger partial charge is 0.329 e. The summed E-state index contributed by atoms with van der Waals surface area (Å²) in [5.41, 5.74) is 1.43. The van der Waals surface area contributed by atoms with Crippen LogP contribution in [0.4, 0.5) is 4.79 Å². The molecule has 120 valence electrons. The molecule has 0 spiro atoms. The number of nitrogens with one attached hydrogen (secondary N) is 1. The molecule has 6 nitrogen and oxygen atoms in total. The average molecular weight is 348 g/mol. The molecule has 1 aliphatic heterocycles. The van der Waals surface area contributed by atoms with Gasteiger partial charge in [0, 0.05) is 22.6 Å². The van der Waals surface area contributed by atoms with E-state index in [1.165, 1.54) is 27.1 Å². The smallest absolute Gasteiger partial charge is 0.324 e. The molecule has 1 fully saturated rings. The van der Waals surface area contributed by atoms with Crippen LogP contribution in [0.3, 0.4) is 0 Å². The molecule has 8 heteroatoms. The van der Waals surface area contributed by atoms with E-state index in [4.69, 9.17) is 0 Å². The lowest BCUT2D eigenvalue weighted by Crippen LogP contribution is -2.32. The Balaban J connectivity index is 1.42. The van der Waals surface area contributed by atoms with Crippen LogP contribution in [0.15, 0.2) is 11.4 Å². The maximum atomic E-state index is 11.5. The summed E-state index contributed by atoms with van der Waals surface area (Å²) < 4.78 is 0. The topological polar surface area (TPSA) is 75.2 Å². The number of imide groups is 1. The van der Waals surface area contributed by atoms with E-state index in [2.05, 4.69) is 15.3 Å². The maximum Gasteiger partial charge on any atom is 0.324 e. The molecule has 2 aromatic heterocycles. The highest BCUT2D eigenvalue weighted by atomic mass is 32.2. The van der Waals surface area contributed by atoms with E-state index in [0.717, 1.165) is 34.9 Å². The van der Waals surface area contributed by atoms with Crippen molar-refractivity contribution >= 4 is 45.3 Å². The Morgan fingerprint density at radius 1 is 1.30 bits per heavy atom. The Bertz CT molecular complexity index is 773. The highest BCUT2D eigenvalue weighted by molar-refractivity contribution is 7.99. The quantitative estimate of drug-likeness (QED) is 0.388. The summed E-state index contributed by atoms with van der Waals surface area (Å²) in [5, 5.41) is 4.80. The molecule has 0 atom stereocenters. The maximum absolute atomic E-state index is 11.5. The van der Waals surface area contributed by atoms with Gasteiger partial charge in [0.25, 0.3) is 0 Å². The molecule has 0 unspecified atom stereocenters. The van der Waals surface area contributed by atoms with E-state index in [1.807, 2.05) is 0 Å². The number of rotatable bonds is 5. The molecule has 0 aromatic carbocycles. The minimum absolute atomic E-state index is 0.125. The predicted octanol–water partition coefficient (Wildman–Crippen LogP) is 2.21. The fourth-order valence-corrected chi connectivity index (χ4v) is 5.33. The van der Waals surface area contributed by atoms with Crippen molar-refractivity contribution in [2.24, 2.45) is 0 Å². The van der Waals surface area contributed by atoms with Crippen LogP contribution >= 0.6 is 23.1 Å². The van der Waals surface area contributed by atoms with Gasteiger partial charge in [0.05, 0.1) is 6.54 Å². The number of hydrogen-bond acceptors (Lipinski definition) is 6. The monoisotopic (exact) mass is 348 g/mol. The highest BCUT2D eigenvalue weighted by Crippen LogP contribution is 2.40. The first kappa shape index (κ1) is 14.9. The summed E-state index contributed by atoms with van der Waals surface area (Å²) in [4.78, 5) is 35.7. The molecule has 0 bridgehead atoms. The van der Waals surface area contributed by atoms with Crippen molar-refractivity contribution in [2.45, 2.75) is 30.7 Å². The number of carbonyl (C=O) groups excluding carboxylic acids is 2. The van der Waals surface area contributed by atoms with Gasteiger partial charge in [-0.2, -0.15) is 0 Å². The Kier molecular flexibility index (Phi) is 3.94. The van der Waals surface area contributed by atoms with E-state index >= 15 is 0 Å². The van der Waals surface area contributed by atoms with Crippen molar-refractivity contribution < 1.29 is 9.59 Å². The van der Waals surface area contributed by atoms with Gasteiger partial charge in [0.2, 0.25) is 5.91 Å². The molecule has 1 aliphatic carbocycles. The summed E-state index contributed by atoms with van der Waals surface area (Å²) in [6.07, 6.45) is 5.91. The van der Waals surface area contributed by atoms with Crippen LogP contribution in [0.5, 0.6) is 0 Å². The predicted molar refractivity (Wildman–Crippen MR) is 89.9 cm³/mol. The summed E-state index contributed by atoms with van der Waals surface area (Å²) in [7, 11) is 0. The van der Waals surface area contributed by atoms with E-state index in [0.29, 0.717) is 6.54 Å². The molecule has 1 N–H and O–H groups in total. The van der Waals surface area contributed by atoms with Crippen molar-refractivity contribution in [3.63, 3.8) is 0 Å². The molecule has 0 saturated carbocycles. The van der Waals surface area contributed by atoms with E-state index < -0.39 is 0 Å². The molecule has 3 heterocycles. The number of amides is 3. The summed E-state index contributed by atoms with van der Waals surface area (Å²) in [5.74, 6) is 0.688. The Morgan fingerprint density at radius 2 is 2.22 bits per heavy atom. The lowest BCUT2D eigenvalue weighted by atomic mass is 10.2. The Hall–Kier alpha value is -1.67. The van der Waals surface area contributed by atoms with Crippen molar-refractivity contribution in [1.29, 1.82) is 0 Å². The Labute approximate surface area is 141 Å². The summed E-state index contributed by atoms with van der Waals surface area (Å²) in [6, 6.07) is -0.278. The molecule has 4 rings (SSSR count). The third-order valence-corrected chi connectivity index (χ3v) is 6.44. The zero-order valence-electron chi connectivity index (χ0n) is 12.5. The minimum Gasteiger partial charge on any atom is -0.329 e. The van der Waals surface area contributed by atoms with Gasteiger partial charge < -0.3 is 5.32 Å². The summed E-state index contributed by atoms with van der Waals surface area (Å²) in [6.45, 7) is 0.590. The highest BCUT2D eigenvalue weighted by Gasteiger charge is 2.27. The van der Waals surface area contributed by atoms with Gasteiger partial charge in [-0.3, -0.25) is 9.69 Å². The number of carbonyl (C=O) groups is 2. The number of thiophene rings is 1. The van der Waals surface area contributed by atoms with Gasteiger partial charge in [-0.25, -0.2) is 14.8 Å². The number of thioether (sulfide) groups is 1. The zero-order chi connectivity index (χ0) is 15.8. The van der Waals surface area contributed by atoms with Crippen molar-refractivity contribution in [3.8, 4) is 0 Å². The van der Waals surface area contributed by atoms with Gasteiger partial charge in [-0.15, -0.1) is 23.1 Å².